The largest absolute Gasteiger partial charge is 0.397 e. The molecule has 0 radical (unpaired) electrons. The van der Waals surface area contributed by atoms with Crippen LogP contribution >= 0.6 is 0 Å². The number of sulfonamides is 1. The number of fused-ring (bicyclic) bond motifs is 1. The molecule has 1 saturated heterocycles. The Hall–Kier alpha value is -4.59. The molecule has 0 amide bonds. The second-order valence-electron chi connectivity index (χ2n) is 11.2. The van der Waals surface area contributed by atoms with Crippen LogP contribution in [-0.2, 0) is 16.6 Å². The number of aliphatic imine (C=N–C) groups is 1. The minimum absolute atomic E-state index is 0.0336. The van der Waals surface area contributed by atoms with Crippen LogP contribution in [0.15, 0.2) is 65.4 Å². The van der Waals surface area contributed by atoms with Crippen LogP contribution in [0.3, 0.4) is 0 Å². The molecule has 11 nitrogen and oxygen atoms in total. The summed E-state index contributed by atoms with van der Waals surface area (Å²) in [4.78, 5) is 23.4. The van der Waals surface area contributed by atoms with Gasteiger partial charge in [-0.2, -0.15) is 0 Å². The Kier molecular flexibility index (Phi) is 9.61. The summed E-state index contributed by atoms with van der Waals surface area (Å²) in [6.45, 7) is 8.64. The number of imidazole rings is 1. The second-order valence-corrected chi connectivity index (χ2v) is 13.0. The van der Waals surface area contributed by atoms with Crippen molar-refractivity contribution < 1.29 is 12.8 Å². The predicted octanol–water partition coefficient (Wildman–Crippen LogP) is 4.68. The Morgan fingerprint density at radius 1 is 1.20 bits per heavy atom. The van der Waals surface area contributed by atoms with E-state index in [0.717, 1.165) is 37.0 Å². The third-order valence-corrected chi connectivity index (χ3v) is 8.09. The van der Waals surface area contributed by atoms with Gasteiger partial charge in [0.2, 0.25) is 10.0 Å². The maximum absolute atomic E-state index is 14.6. The number of rotatable bonds is 11. The summed E-state index contributed by atoms with van der Waals surface area (Å²) in [6, 6.07) is 9.39. The molecular formula is C32H36FN9O2S. The van der Waals surface area contributed by atoms with Gasteiger partial charge in [-0.05, 0) is 81.5 Å². The highest BCUT2D eigenvalue weighted by atomic mass is 32.2. The number of nitrogens with one attached hydrogen (secondary N) is 3. The molecule has 234 valence electrons. The fraction of sp³-hybridized carbons (Fsp3) is 0.281. The number of aromatic nitrogens is 4. The first-order valence-electron chi connectivity index (χ1n) is 14.5. The van der Waals surface area contributed by atoms with Crippen molar-refractivity contribution in [3.05, 3.63) is 89.0 Å². The number of hydrogen-bond acceptors (Lipinski definition) is 9. The Labute approximate surface area is 261 Å². The molecule has 5 N–H and O–H groups in total. The lowest BCUT2D eigenvalue weighted by molar-refractivity contribution is 0.246. The molecule has 0 unspecified atom stereocenters. The molecule has 4 heterocycles. The molecule has 0 aliphatic carbocycles. The lowest BCUT2D eigenvalue weighted by atomic mass is 10.1. The Bertz CT molecular complexity index is 1930. The van der Waals surface area contributed by atoms with Crippen LogP contribution < -0.4 is 10.5 Å². The quantitative estimate of drug-likeness (QED) is 0.138. The van der Waals surface area contributed by atoms with E-state index in [1.54, 1.807) is 36.7 Å². The van der Waals surface area contributed by atoms with Crippen LogP contribution in [0.4, 0.5) is 10.1 Å². The van der Waals surface area contributed by atoms with E-state index in [9.17, 15) is 12.8 Å². The predicted molar refractivity (Wildman–Crippen MR) is 177 cm³/mol. The third-order valence-electron chi connectivity index (χ3n) is 7.42. The molecule has 1 aliphatic heterocycles. The van der Waals surface area contributed by atoms with Gasteiger partial charge in [-0.25, -0.2) is 27.5 Å². The summed E-state index contributed by atoms with van der Waals surface area (Å²) >= 11 is 0. The minimum atomic E-state index is -3.47. The first-order chi connectivity index (χ1) is 21.5. The SMILES string of the molecule is C=N/C=C(\C=C(/C)CN1CCCCC1)c1ccc(N)c(C(=N)c2nc3c(-c4cc(F)cc(CNS(C)(=O)=O)c4)nccc3[nH]2)n1. The maximum Gasteiger partial charge on any atom is 0.209 e. The molecule has 0 bridgehead atoms. The first kappa shape index (κ1) is 31.8. The number of nitrogens with zero attached hydrogens (tertiary/aromatic N) is 5. The average molecular weight is 630 g/mol. The molecule has 1 aliphatic rings. The topological polar surface area (TPSA) is 166 Å². The fourth-order valence-electron chi connectivity index (χ4n) is 5.37. The molecular weight excluding hydrogens is 593 g/mol. The molecule has 0 spiro atoms. The number of H-pyrrole nitrogens is 1. The van der Waals surface area contributed by atoms with Gasteiger partial charge in [0, 0.05) is 36.6 Å². The van der Waals surface area contributed by atoms with Crippen LogP contribution in [0.5, 0.6) is 0 Å². The van der Waals surface area contributed by atoms with Crippen molar-refractivity contribution >= 4 is 44.7 Å². The molecule has 1 aromatic carbocycles. The Morgan fingerprint density at radius 2 is 1.98 bits per heavy atom. The highest BCUT2D eigenvalue weighted by Gasteiger charge is 2.19. The lowest BCUT2D eigenvalue weighted by Gasteiger charge is -2.26. The number of hydrogen-bond donors (Lipinski definition) is 4. The van der Waals surface area contributed by atoms with Crippen molar-refractivity contribution in [2.24, 2.45) is 4.99 Å². The van der Waals surface area contributed by atoms with Gasteiger partial charge in [-0.3, -0.25) is 20.3 Å². The summed E-state index contributed by atoms with van der Waals surface area (Å²) < 4.78 is 40.1. The van der Waals surface area contributed by atoms with Crippen molar-refractivity contribution in [2.45, 2.75) is 32.7 Å². The van der Waals surface area contributed by atoms with Gasteiger partial charge in [-0.15, -0.1) is 0 Å². The second kappa shape index (κ2) is 13.6. The van der Waals surface area contributed by atoms with Crippen molar-refractivity contribution in [1.82, 2.24) is 29.6 Å². The van der Waals surface area contributed by atoms with Gasteiger partial charge in [0.05, 0.1) is 28.8 Å². The highest BCUT2D eigenvalue weighted by Crippen LogP contribution is 2.28. The zero-order valence-corrected chi connectivity index (χ0v) is 26.1. The molecule has 13 heteroatoms. The van der Waals surface area contributed by atoms with Crippen molar-refractivity contribution in [1.29, 1.82) is 5.41 Å². The van der Waals surface area contributed by atoms with Crippen LogP contribution in [0, 0.1) is 11.2 Å². The van der Waals surface area contributed by atoms with Gasteiger partial charge >= 0.3 is 0 Å². The molecule has 5 rings (SSSR count). The van der Waals surface area contributed by atoms with Gasteiger partial charge in [0.1, 0.15) is 22.7 Å². The van der Waals surface area contributed by atoms with Gasteiger partial charge in [0.25, 0.3) is 0 Å². The van der Waals surface area contributed by atoms with Crippen molar-refractivity contribution in [3.8, 4) is 11.3 Å². The van der Waals surface area contributed by atoms with E-state index in [1.807, 2.05) is 6.08 Å². The van der Waals surface area contributed by atoms with E-state index >= 15 is 0 Å². The normalized spacial score (nSPS) is 15.0. The number of nitrogens with two attached hydrogens (primary N) is 1. The lowest BCUT2D eigenvalue weighted by Crippen LogP contribution is -2.31. The number of nitrogen functional groups attached to an aromatic ring is 1. The summed E-state index contributed by atoms with van der Waals surface area (Å²) in [5, 5.41) is 8.99. The standard InChI is InChI=1S/C32H36FN9O2S/c1-20(19-42-11-5-4-6-12-42)13-23(18-36-2)26-8-7-25(34)30(39-26)28(35)32-40-27-9-10-37-29(31(27)41-32)22-14-21(15-24(33)16-22)17-38-45(3,43)44/h7-10,13-16,18,35,38H,2,4-6,11-12,17,19,34H2,1,3H3,(H,40,41)/b20-13+,23-18+,35-28?. The van der Waals surface area contributed by atoms with E-state index < -0.39 is 15.8 Å². The number of anilines is 1. The zero-order valence-electron chi connectivity index (χ0n) is 25.3. The summed E-state index contributed by atoms with van der Waals surface area (Å²) in [6.07, 6.45) is 9.95. The van der Waals surface area contributed by atoms with Crippen LogP contribution in [-0.4, -0.2) is 71.6 Å². The number of pyridine rings is 2. The third kappa shape index (κ3) is 7.93. The van der Waals surface area contributed by atoms with E-state index in [-0.39, 0.29) is 23.8 Å². The molecule has 3 aromatic heterocycles. The summed E-state index contributed by atoms with van der Waals surface area (Å²) in [7, 11) is -3.47. The summed E-state index contributed by atoms with van der Waals surface area (Å²) in [5.74, 6) is -0.345. The van der Waals surface area contributed by atoms with Gasteiger partial charge < -0.3 is 10.7 Å². The molecule has 4 aromatic rings. The van der Waals surface area contributed by atoms with Crippen LogP contribution in [0.1, 0.15) is 49.0 Å². The monoisotopic (exact) mass is 629 g/mol. The van der Waals surface area contributed by atoms with E-state index in [2.05, 4.69) is 43.2 Å². The smallest absolute Gasteiger partial charge is 0.209 e. The maximum atomic E-state index is 14.6. The van der Waals surface area contributed by atoms with Gasteiger partial charge in [-0.1, -0.05) is 18.1 Å². The highest BCUT2D eigenvalue weighted by molar-refractivity contribution is 7.88. The number of piperidine rings is 1. The number of benzene rings is 1. The Balaban J connectivity index is 1.46. The zero-order chi connectivity index (χ0) is 32.1. The number of aromatic amines is 1. The van der Waals surface area contributed by atoms with Crippen LogP contribution in [0.25, 0.3) is 27.9 Å². The van der Waals surface area contributed by atoms with Crippen molar-refractivity contribution in [3.63, 3.8) is 0 Å². The Morgan fingerprint density at radius 3 is 2.71 bits per heavy atom. The average Bonchev–Trinajstić information content (AvgIpc) is 3.44. The molecule has 1 fully saturated rings. The molecule has 0 saturated carbocycles. The first-order valence-corrected chi connectivity index (χ1v) is 16.4. The number of halogens is 1. The molecule has 45 heavy (non-hydrogen) atoms. The number of likely N-dealkylation sites (tertiary alicyclic amines) is 1. The fourth-order valence-corrected chi connectivity index (χ4v) is 5.80. The van der Waals surface area contributed by atoms with E-state index in [4.69, 9.17) is 16.1 Å². The van der Waals surface area contributed by atoms with Crippen molar-refractivity contribution in [2.75, 3.05) is 31.6 Å². The van der Waals surface area contributed by atoms with E-state index in [1.165, 1.54) is 31.4 Å². The van der Waals surface area contributed by atoms with E-state index in [0.29, 0.717) is 39.2 Å². The van der Waals surface area contributed by atoms with Gasteiger partial charge in [0.15, 0.2) is 5.82 Å². The molecule has 0 atom stereocenters. The number of allylic oxidation sites excluding steroid dienone is 2. The minimum Gasteiger partial charge on any atom is -0.397 e. The van der Waals surface area contributed by atoms with Crippen LogP contribution in [0.2, 0.25) is 0 Å². The summed E-state index contributed by atoms with van der Waals surface area (Å²) in [5.41, 5.74) is 11.5.